The van der Waals surface area contributed by atoms with Crippen molar-refractivity contribution in [3.63, 3.8) is 0 Å². The zero-order chi connectivity index (χ0) is 14.9. The van der Waals surface area contributed by atoms with Crippen molar-refractivity contribution in [3.05, 3.63) is 55.3 Å². The van der Waals surface area contributed by atoms with E-state index in [-0.39, 0.29) is 15.7 Å². The first-order valence-electron chi connectivity index (χ1n) is 5.10. The topological polar surface area (TPSA) is 112 Å². The molecule has 0 unspecified atom stereocenters. The molecular weight excluding hydrogens is 329 g/mol. The summed E-state index contributed by atoms with van der Waals surface area (Å²) in [6.45, 7) is 0. The van der Waals surface area contributed by atoms with E-state index in [0.717, 1.165) is 6.20 Å². The molecule has 0 amide bonds. The lowest BCUT2D eigenvalue weighted by molar-refractivity contribution is 0.599. The van der Waals surface area contributed by atoms with Crippen molar-refractivity contribution in [1.29, 1.82) is 0 Å². The molecule has 1 aromatic carbocycles. The van der Waals surface area contributed by atoms with Gasteiger partial charge in [0.2, 0.25) is 0 Å². The second-order valence-corrected chi connectivity index (χ2v) is 6.08. The van der Waals surface area contributed by atoms with Gasteiger partial charge in [-0.3, -0.25) is 14.5 Å². The molecule has 1 heterocycles. The third-order valence-electron chi connectivity index (χ3n) is 2.27. The lowest BCUT2D eigenvalue weighted by Crippen LogP contribution is -2.29. The largest absolute Gasteiger partial charge is 0.325 e. The Balaban J connectivity index is 2.49. The van der Waals surface area contributed by atoms with Crippen LogP contribution >= 0.6 is 23.2 Å². The number of hydrogen-bond donors (Lipinski definition) is 3. The highest BCUT2D eigenvalue weighted by Gasteiger charge is 2.20. The van der Waals surface area contributed by atoms with E-state index in [1.165, 1.54) is 18.2 Å². The van der Waals surface area contributed by atoms with Crippen LogP contribution in [0.15, 0.2) is 38.9 Å². The van der Waals surface area contributed by atoms with Crippen molar-refractivity contribution in [2.45, 2.75) is 4.90 Å². The molecule has 7 nitrogen and oxygen atoms in total. The van der Waals surface area contributed by atoms with E-state index in [9.17, 15) is 18.0 Å². The van der Waals surface area contributed by atoms with Crippen LogP contribution in [0.3, 0.4) is 0 Å². The fourth-order valence-corrected chi connectivity index (χ4v) is 2.86. The minimum atomic E-state index is -4.21. The maximum atomic E-state index is 12.0. The lowest BCUT2D eigenvalue weighted by Gasteiger charge is -2.09. The smallest absolute Gasteiger partial charge is 0.313 e. The molecule has 0 aliphatic rings. The maximum absolute atomic E-state index is 12.0. The number of nitrogens with one attached hydrogen (secondary N) is 3. The van der Waals surface area contributed by atoms with Gasteiger partial charge in [0, 0.05) is 6.20 Å². The Bertz CT molecular complexity index is 873. The van der Waals surface area contributed by atoms with Crippen LogP contribution in [0.1, 0.15) is 0 Å². The molecule has 106 valence electrons. The van der Waals surface area contributed by atoms with Crippen LogP contribution in [0.25, 0.3) is 0 Å². The first kappa shape index (κ1) is 14.6. The van der Waals surface area contributed by atoms with Crippen molar-refractivity contribution >= 4 is 38.9 Å². The lowest BCUT2D eigenvalue weighted by atomic mass is 10.3. The molecule has 2 aromatic rings. The zero-order valence-electron chi connectivity index (χ0n) is 9.61. The van der Waals surface area contributed by atoms with Crippen molar-refractivity contribution in [3.8, 4) is 0 Å². The van der Waals surface area contributed by atoms with Crippen LogP contribution in [0.4, 0.5) is 5.69 Å². The second kappa shape index (κ2) is 5.31. The van der Waals surface area contributed by atoms with Crippen molar-refractivity contribution in [2.75, 3.05) is 4.72 Å². The summed E-state index contributed by atoms with van der Waals surface area (Å²) in [5, 5.41) is 0.154. The molecule has 0 bridgehead atoms. The summed E-state index contributed by atoms with van der Waals surface area (Å²) in [7, 11) is -4.21. The Kier molecular flexibility index (Phi) is 3.89. The van der Waals surface area contributed by atoms with Gasteiger partial charge in [-0.25, -0.2) is 13.2 Å². The predicted molar refractivity (Wildman–Crippen MR) is 75.0 cm³/mol. The Morgan fingerprint density at radius 1 is 1.15 bits per heavy atom. The van der Waals surface area contributed by atoms with Gasteiger partial charge >= 0.3 is 5.69 Å². The normalized spacial score (nSPS) is 11.3. The maximum Gasteiger partial charge on any atom is 0.325 e. The zero-order valence-corrected chi connectivity index (χ0v) is 11.9. The van der Waals surface area contributed by atoms with Gasteiger partial charge in [-0.1, -0.05) is 29.3 Å². The average molecular weight is 336 g/mol. The number of sulfonamides is 1. The third kappa shape index (κ3) is 2.87. The van der Waals surface area contributed by atoms with Gasteiger partial charge < -0.3 is 4.98 Å². The predicted octanol–water partition coefficient (Wildman–Crippen LogP) is 1.17. The molecule has 0 fully saturated rings. The Morgan fingerprint density at radius 3 is 2.50 bits per heavy atom. The number of H-pyrrole nitrogens is 2. The summed E-state index contributed by atoms with van der Waals surface area (Å²) in [5.74, 6) is 0. The van der Waals surface area contributed by atoms with Gasteiger partial charge in [-0.2, -0.15) is 0 Å². The minimum absolute atomic E-state index is 0.00130. The van der Waals surface area contributed by atoms with Gasteiger partial charge in [0.1, 0.15) is 0 Å². The number of aromatic nitrogens is 2. The van der Waals surface area contributed by atoms with Crippen LogP contribution in [0.5, 0.6) is 0 Å². The average Bonchev–Trinajstić information content (AvgIpc) is 2.34. The molecule has 0 radical (unpaired) electrons. The van der Waals surface area contributed by atoms with E-state index in [2.05, 4.69) is 9.71 Å². The monoisotopic (exact) mass is 335 g/mol. The fraction of sp³-hybridized carbons (Fsp3) is 0. The molecule has 1 aromatic heterocycles. The van der Waals surface area contributed by atoms with E-state index in [1.54, 1.807) is 0 Å². The standard InChI is InChI=1S/C10H7Cl2N3O4S/c11-5-2-1-3-6(8(5)12)15-20(18,19)7-4-13-10(17)14-9(7)16/h1-4,15H,(H2,13,14,16,17). The Labute approximate surface area is 122 Å². The SMILES string of the molecule is O=c1[nH]cc(S(=O)(=O)Nc2cccc(Cl)c2Cl)c(=O)[nH]1. The summed E-state index contributed by atoms with van der Waals surface area (Å²) < 4.78 is 26.2. The van der Waals surface area contributed by atoms with Crippen LogP contribution < -0.4 is 16.0 Å². The van der Waals surface area contributed by atoms with E-state index in [0.29, 0.717) is 0 Å². The highest BCUT2D eigenvalue weighted by Crippen LogP contribution is 2.30. The van der Waals surface area contributed by atoms with Crippen LogP contribution in [0, 0.1) is 0 Å². The number of hydrogen-bond acceptors (Lipinski definition) is 4. The van der Waals surface area contributed by atoms with Crippen molar-refractivity contribution < 1.29 is 8.42 Å². The number of benzene rings is 1. The molecule has 0 spiro atoms. The minimum Gasteiger partial charge on any atom is -0.313 e. The molecule has 2 rings (SSSR count). The molecule has 0 aliphatic carbocycles. The van der Waals surface area contributed by atoms with E-state index < -0.39 is 26.2 Å². The summed E-state index contributed by atoms with van der Waals surface area (Å²) in [6, 6.07) is 4.35. The molecule has 10 heteroatoms. The molecule has 0 saturated heterocycles. The molecule has 20 heavy (non-hydrogen) atoms. The van der Waals surface area contributed by atoms with Crippen LogP contribution in [-0.4, -0.2) is 18.4 Å². The summed E-state index contributed by atoms with van der Waals surface area (Å²) >= 11 is 11.6. The van der Waals surface area contributed by atoms with Crippen molar-refractivity contribution in [2.24, 2.45) is 0 Å². The van der Waals surface area contributed by atoms with E-state index in [4.69, 9.17) is 23.2 Å². The molecule has 0 aliphatic heterocycles. The number of rotatable bonds is 3. The molecule has 3 N–H and O–H groups in total. The number of halogens is 2. The third-order valence-corrected chi connectivity index (χ3v) is 4.46. The Hall–Kier alpha value is -1.77. The van der Waals surface area contributed by atoms with Crippen molar-refractivity contribution in [1.82, 2.24) is 9.97 Å². The quantitative estimate of drug-likeness (QED) is 0.781. The summed E-state index contributed by atoms with van der Waals surface area (Å²) in [5.41, 5.74) is -1.83. The molecule has 0 saturated carbocycles. The van der Waals surface area contributed by atoms with Gasteiger partial charge in [0.25, 0.3) is 15.6 Å². The number of aromatic amines is 2. The first-order valence-corrected chi connectivity index (χ1v) is 7.34. The highest BCUT2D eigenvalue weighted by molar-refractivity contribution is 7.92. The fourth-order valence-electron chi connectivity index (χ4n) is 1.38. The highest BCUT2D eigenvalue weighted by atomic mass is 35.5. The van der Waals surface area contributed by atoms with Gasteiger partial charge in [0.05, 0.1) is 15.7 Å². The van der Waals surface area contributed by atoms with Gasteiger partial charge in [-0.15, -0.1) is 0 Å². The first-order chi connectivity index (χ1) is 9.31. The summed E-state index contributed by atoms with van der Waals surface area (Å²) in [4.78, 5) is 25.6. The summed E-state index contributed by atoms with van der Waals surface area (Å²) in [6.07, 6.45) is 0.794. The van der Waals surface area contributed by atoms with Crippen LogP contribution in [0.2, 0.25) is 10.0 Å². The van der Waals surface area contributed by atoms with E-state index >= 15 is 0 Å². The van der Waals surface area contributed by atoms with Gasteiger partial charge in [-0.05, 0) is 12.1 Å². The van der Waals surface area contributed by atoms with Gasteiger partial charge in [0.15, 0.2) is 4.90 Å². The second-order valence-electron chi connectivity index (χ2n) is 3.64. The molecule has 0 atom stereocenters. The number of anilines is 1. The Morgan fingerprint density at radius 2 is 1.85 bits per heavy atom. The van der Waals surface area contributed by atoms with E-state index in [1.807, 2.05) is 4.98 Å². The molecular formula is C10H7Cl2N3O4S. The van der Waals surface area contributed by atoms with Crippen LogP contribution in [-0.2, 0) is 10.0 Å².